The molecule has 8 heteroatoms. The predicted octanol–water partition coefficient (Wildman–Crippen LogP) is 2.41. The Labute approximate surface area is 160 Å². The van der Waals surface area contributed by atoms with Crippen LogP contribution in [0.5, 0.6) is 5.75 Å². The van der Waals surface area contributed by atoms with Crippen LogP contribution in [0.3, 0.4) is 0 Å². The zero-order valence-corrected chi connectivity index (χ0v) is 16.0. The fourth-order valence-electron chi connectivity index (χ4n) is 2.70. The zero-order chi connectivity index (χ0) is 20.6. The molecule has 0 saturated carbocycles. The van der Waals surface area contributed by atoms with Crippen molar-refractivity contribution in [2.45, 2.75) is 26.4 Å². The van der Waals surface area contributed by atoms with Gasteiger partial charge in [-0.05, 0) is 45.0 Å². The lowest BCUT2D eigenvalue weighted by Crippen LogP contribution is -2.36. The van der Waals surface area contributed by atoms with Gasteiger partial charge in [-0.1, -0.05) is 0 Å². The molecule has 8 nitrogen and oxygen atoms in total. The van der Waals surface area contributed by atoms with Crippen LogP contribution in [0.15, 0.2) is 39.5 Å². The van der Waals surface area contributed by atoms with E-state index in [9.17, 15) is 19.5 Å². The molecule has 1 amide bonds. The monoisotopic (exact) mass is 384 g/mol. The highest BCUT2D eigenvalue weighted by atomic mass is 16.6. The van der Waals surface area contributed by atoms with Gasteiger partial charge in [-0.2, -0.15) is 0 Å². The molecule has 1 N–H and O–H groups in total. The van der Waals surface area contributed by atoms with Crippen LogP contribution < -0.4 is 5.43 Å². The SMILES string of the molecule is CN(CC(=O)OC(C)(C)C)C(=O)c1c(O)ccc2nc3ccc(=O)cc-3oc12. The number of rotatable bonds is 3. The molecule has 2 aliphatic rings. The number of aromatic nitrogens is 1. The maximum atomic E-state index is 12.9. The molecule has 0 radical (unpaired) electrons. The summed E-state index contributed by atoms with van der Waals surface area (Å²) in [6, 6.07) is 6.96. The number of phenolic OH excluding ortho intramolecular Hbond substituents is 1. The first-order valence-electron chi connectivity index (χ1n) is 8.59. The Kier molecular flexibility index (Phi) is 4.80. The number of carbonyl (C=O) groups excluding carboxylic acids is 2. The summed E-state index contributed by atoms with van der Waals surface area (Å²) >= 11 is 0. The first kappa shape index (κ1) is 19.3. The van der Waals surface area contributed by atoms with Gasteiger partial charge in [0.2, 0.25) is 0 Å². The van der Waals surface area contributed by atoms with Crippen LogP contribution in [-0.2, 0) is 9.53 Å². The molecule has 0 spiro atoms. The number of hydrogen-bond donors (Lipinski definition) is 1. The fourth-order valence-corrected chi connectivity index (χ4v) is 2.70. The van der Waals surface area contributed by atoms with Crippen LogP contribution in [-0.4, -0.2) is 46.1 Å². The summed E-state index contributed by atoms with van der Waals surface area (Å²) in [6.07, 6.45) is 0. The van der Waals surface area contributed by atoms with E-state index in [0.29, 0.717) is 11.2 Å². The predicted molar refractivity (Wildman–Crippen MR) is 101 cm³/mol. The maximum Gasteiger partial charge on any atom is 0.326 e. The second-order valence-electron chi connectivity index (χ2n) is 7.40. The van der Waals surface area contributed by atoms with Crippen molar-refractivity contribution in [3.8, 4) is 17.2 Å². The average molecular weight is 384 g/mol. The van der Waals surface area contributed by atoms with Crippen molar-refractivity contribution in [2.75, 3.05) is 13.6 Å². The third-order valence-corrected chi connectivity index (χ3v) is 3.85. The number of likely N-dealkylation sites (N-methyl/N-ethyl adjacent to an activating group) is 1. The van der Waals surface area contributed by atoms with E-state index in [1.807, 2.05) is 0 Å². The summed E-state index contributed by atoms with van der Waals surface area (Å²) < 4.78 is 10.9. The standard InChI is InChI=1S/C20H20N2O6/c1-20(2,3)28-16(25)10-22(4)19(26)17-14(24)8-7-13-18(17)27-15-9-11(23)5-6-12(15)21-13/h5-9,24H,10H2,1-4H3. The van der Waals surface area contributed by atoms with Crippen LogP contribution in [0.1, 0.15) is 31.1 Å². The van der Waals surface area contributed by atoms with Crippen molar-refractivity contribution in [1.29, 1.82) is 0 Å². The smallest absolute Gasteiger partial charge is 0.326 e. The quantitative estimate of drug-likeness (QED) is 0.545. The Hall–Kier alpha value is -3.42. The number of esters is 1. The van der Waals surface area contributed by atoms with Gasteiger partial charge in [-0.25, -0.2) is 4.98 Å². The van der Waals surface area contributed by atoms with Crippen molar-refractivity contribution in [3.63, 3.8) is 0 Å². The second-order valence-corrected chi connectivity index (χ2v) is 7.40. The van der Waals surface area contributed by atoms with Gasteiger partial charge in [0.25, 0.3) is 5.91 Å². The molecular weight excluding hydrogens is 364 g/mol. The third kappa shape index (κ3) is 3.95. The molecule has 0 saturated heterocycles. The first-order chi connectivity index (χ1) is 13.0. The second kappa shape index (κ2) is 6.95. The lowest BCUT2D eigenvalue weighted by Gasteiger charge is -2.23. The Morgan fingerprint density at radius 2 is 1.93 bits per heavy atom. The van der Waals surface area contributed by atoms with Gasteiger partial charge in [0.1, 0.15) is 34.7 Å². The first-order valence-corrected chi connectivity index (χ1v) is 8.59. The van der Waals surface area contributed by atoms with Gasteiger partial charge < -0.3 is 19.2 Å². The molecule has 1 heterocycles. The van der Waals surface area contributed by atoms with Crippen molar-refractivity contribution >= 4 is 23.0 Å². The Balaban J connectivity index is 2.03. The lowest BCUT2D eigenvalue weighted by molar-refractivity contribution is -0.155. The summed E-state index contributed by atoms with van der Waals surface area (Å²) in [5.41, 5.74) is -0.298. The van der Waals surface area contributed by atoms with E-state index >= 15 is 0 Å². The van der Waals surface area contributed by atoms with Gasteiger partial charge in [-0.3, -0.25) is 14.4 Å². The summed E-state index contributed by atoms with van der Waals surface area (Å²) in [5.74, 6) is -1.36. The van der Waals surface area contributed by atoms with E-state index in [2.05, 4.69) is 4.98 Å². The Bertz CT molecular complexity index is 1100. The van der Waals surface area contributed by atoms with Crippen LogP contribution in [0, 0.1) is 0 Å². The summed E-state index contributed by atoms with van der Waals surface area (Å²) in [5, 5.41) is 10.3. The fraction of sp³-hybridized carbons (Fsp3) is 0.300. The highest BCUT2D eigenvalue weighted by Crippen LogP contribution is 2.31. The number of hydrogen-bond acceptors (Lipinski definition) is 7. The van der Waals surface area contributed by atoms with E-state index in [4.69, 9.17) is 9.15 Å². The molecule has 3 rings (SSSR count). The molecule has 0 fully saturated rings. The minimum atomic E-state index is -0.684. The molecule has 1 aliphatic heterocycles. The van der Waals surface area contributed by atoms with Crippen molar-refractivity contribution in [2.24, 2.45) is 0 Å². The largest absolute Gasteiger partial charge is 0.507 e. The summed E-state index contributed by atoms with van der Waals surface area (Å²) in [4.78, 5) is 42.0. The molecule has 1 aromatic rings. The van der Waals surface area contributed by atoms with E-state index in [1.165, 1.54) is 37.4 Å². The number of benzene rings is 2. The van der Waals surface area contributed by atoms with Crippen molar-refractivity contribution in [3.05, 3.63) is 46.1 Å². The van der Waals surface area contributed by atoms with Crippen LogP contribution in [0.2, 0.25) is 0 Å². The molecule has 1 aromatic carbocycles. The van der Waals surface area contributed by atoms with Crippen LogP contribution in [0.4, 0.5) is 0 Å². The number of phenols is 1. The Morgan fingerprint density at radius 1 is 1.21 bits per heavy atom. The zero-order valence-electron chi connectivity index (χ0n) is 16.0. The number of carbonyl (C=O) groups is 2. The average Bonchev–Trinajstić information content (AvgIpc) is 2.57. The molecule has 0 bridgehead atoms. The van der Waals surface area contributed by atoms with Crippen LogP contribution >= 0.6 is 0 Å². The maximum absolute atomic E-state index is 12.9. The number of fused-ring (bicyclic) bond motifs is 2. The lowest BCUT2D eigenvalue weighted by atomic mass is 10.1. The van der Waals surface area contributed by atoms with E-state index in [-0.39, 0.29) is 34.6 Å². The number of aromatic hydroxyl groups is 1. The normalized spacial score (nSPS) is 11.6. The minimum Gasteiger partial charge on any atom is -0.507 e. The number of ether oxygens (including phenoxy) is 1. The molecular formula is C20H20N2O6. The summed E-state index contributed by atoms with van der Waals surface area (Å²) in [7, 11) is 1.41. The van der Waals surface area contributed by atoms with Gasteiger partial charge in [-0.15, -0.1) is 0 Å². The molecule has 146 valence electrons. The Morgan fingerprint density at radius 3 is 2.61 bits per heavy atom. The van der Waals surface area contributed by atoms with Gasteiger partial charge in [0.05, 0.1) is 0 Å². The van der Waals surface area contributed by atoms with Crippen LogP contribution in [0.25, 0.3) is 22.6 Å². The third-order valence-electron chi connectivity index (χ3n) is 3.85. The van der Waals surface area contributed by atoms with Gasteiger partial charge >= 0.3 is 5.97 Å². The molecule has 0 atom stereocenters. The topological polar surface area (TPSA) is 110 Å². The number of nitrogens with zero attached hydrogens (tertiary/aromatic N) is 2. The van der Waals surface area contributed by atoms with Gasteiger partial charge in [0, 0.05) is 13.1 Å². The van der Waals surface area contributed by atoms with E-state index < -0.39 is 17.5 Å². The van der Waals surface area contributed by atoms with E-state index in [1.54, 1.807) is 20.8 Å². The molecule has 28 heavy (non-hydrogen) atoms. The molecule has 0 unspecified atom stereocenters. The minimum absolute atomic E-state index is 0.0270. The van der Waals surface area contributed by atoms with E-state index in [0.717, 1.165) is 4.90 Å². The van der Waals surface area contributed by atoms with Gasteiger partial charge in [0.15, 0.2) is 16.8 Å². The molecule has 0 aromatic heterocycles. The highest BCUT2D eigenvalue weighted by molar-refractivity contribution is 6.07. The van der Waals surface area contributed by atoms with Crippen molar-refractivity contribution in [1.82, 2.24) is 9.88 Å². The van der Waals surface area contributed by atoms with Crippen molar-refractivity contribution < 1.29 is 23.8 Å². The molecule has 1 aliphatic carbocycles. The highest BCUT2D eigenvalue weighted by Gasteiger charge is 2.26. The number of amides is 1. The summed E-state index contributed by atoms with van der Waals surface area (Å²) in [6.45, 7) is 4.87.